The van der Waals surface area contributed by atoms with Gasteiger partial charge in [0.05, 0.1) is 10.6 Å². The van der Waals surface area contributed by atoms with Gasteiger partial charge in [-0.1, -0.05) is 11.2 Å². The summed E-state index contributed by atoms with van der Waals surface area (Å²) < 4.78 is 44.0. The highest BCUT2D eigenvalue weighted by atomic mass is 32.2. The Morgan fingerprint density at radius 1 is 1.37 bits per heavy atom. The summed E-state index contributed by atoms with van der Waals surface area (Å²) >= 11 is 0. The number of hydrogen-bond donors (Lipinski definition) is 1. The van der Waals surface area contributed by atoms with Crippen molar-refractivity contribution < 1.29 is 17.3 Å². The van der Waals surface area contributed by atoms with Crippen LogP contribution in [0.4, 0.5) is 4.39 Å². The Kier molecular flexibility index (Phi) is 3.96. The van der Waals surface area contributed by atoms with Crippen LogP contribution in [0.15, 0.2) is 39.8 Å². The van der Waals surface area contributed by atoms with Crippen molar-refractivity contribution in [2.75, 3.05) is 6.54 Å². The molecular weight excluding hydrogens is 271 g/mol. The number of aryl methyl sites for hydroxylation is 1. The Morgan fingerprint density at radius 3 is 2.79 bits per heavy atom. The fourth-order valence-electron chi connectivity index (χ4n) is 1.56. The van der Waals surface area contributed by atoms with E-state index in [1.54, 1.807) is 13.0 Å². The molecule has 7 heteroatoms. The molecule has 1 N–H and O–H groups in total. The molecule has 0 radical (unpaired) electrons. The molecule has 0 spiro atoms. The van der Waals surface area contributed by atoms with Gasteiger partial charge in [-0.2, -0.15) is 0 Å². The topological polar surface area (TPSA) is 72.2 Å². The summed E-state index contributed by atoms with van der Waals surface area (Å²) in [6.07, 6.45) is 0.384. The molecule has 5 nitrogen and oxygen atoms in total. The van der Waals surface area contributed by atoms with Crippen molar-refractivity contribution in [3.8, 4) is 0 Å². The maximum absolute atomic E-state index is 13.0. The van der Waals surface area contributed by atoms with Crippen LogP contribution in [-0.2, 0) is 16.4 Å². The van der Waals surface area contributed by atoms with Gasteiger partial charge in [-0.25, -0.2) is 17.5 Å². The lowest BCUT2D eigenvalue weighted by Crippen LogP contribution is -2.26. The van der Waals surface area contributed by atoms with E-state index >= 15 is 0 Å². The van der Waals surface area contributed by atoms with Gasteiger partial charge in [0, 0.05) is 19.0 Å². The van der Waals surface area contributed by atoms with E-state index in [-0.39, 0.29) is 11.4 Å². The smallest absolute Gasteiger partial charge is 0.240 e. The number of benzene rings is 1. The molecule has 0 aliphatic rings. The van der Waals surface area contributed by atoms with Gasteiger partial charge in [0.15, 0.2) is 0 Å². The highest BCUT2D eigenvalue weighted by Crippen LogP contribution is 2.10. The molecule has 1 heterocycles. The number of sulfonamides is 1. The van der Waals surface area contributed by atoms with Crippen LogP contribution in [0.5, 0.6) is 0 Å². The second-order valence-corrected chi connectivity index (χ2v) is 5.81. The minimum atomic E-state index is -3.70. The highest BCUT2D eigenvalue weighted by molar-refractivity contribution is 7.89. The Bertz CT molecular complexity index is 667. The van der Waals surface area contributed by atoms with Crippen LogP contribution in [0, 0.1) is 12.7 Å². The molecular formula is C12H13FN2O3S. The summed E-state index contributed by atoms with van der Waals surface area (Å²) in [5, 5.41) is 3.70. The molecule has 1 aromatic carbocycles. The number of nitrogens with zero attached hydrogens (tertiary/aromatic N) is 1. The maximum atomic E-state index is 13.0. The molecule has 0 atom stereocenters. The van der Waals surface area contributed by atoms with Gasteiger partial charge in [-0.15, -0.1) is 0 Å². The predicted octanol–water partition coefficient (Wildman–Crippen LogP) is 1.64. The van der Waals surface area contributed by atoms with E-state index in [1.165, 1.54) is 18.2 Å². The van der Waals surface area contributed by atoms with Gasteiger partial charge in [-0.3, -0.25) is 0 Å². The minimum Gasteiger partial charge on any atom is -0.361 e. The molecule has 0 aliphatic heterocycles. The molecule has 1 aromatic heterocycles. The van der Waals surface area contributed by atoms with Gasteiger partial charge in [0.1, 0.15) is 11.6 Å². The van der Waals surface area contributed by atoms with Crippen molar-refractivity contribution in [1.29, 1.82) is 0 Å². The van der Waals surface area contributed by atoms with E-state index in [4.69, 9.17) is 4.52 Å². The lowest BCUT2D eigenvalue weighted by atomic mass is 10.3. The molecule has 19 heavy (non-hydrogen) atoms. The summed E-state index contributed by atoms with van der Waals surface area (Å²) in [4.78, 5) is -0.0961. The third kappa shape index (κ3) is 3.62. The van der Waals surface area contributed by atoms with Crippen LogP contribution in [0.25, 0.3) is 0 Å². The average molecular weight is 284 g/mol. The predicted molar refractivity (Wildman–Crippen MR) is 66.5 cm³/mol. The van der Waals surface area contributed by atoms with Crippen LogP contribution in [0.1, 0.15) is 11.5 Å². The number of aromatic nitrogens is 1. The third-order valence-electron chi connectivity index (χ3n) is 2.45. The second-order valence-electron chi connectivity index (χ2n) is 4.04. The number of halogens is 1. The average Bonchev–Trinajstić information content (AvgIpc) is 2.75. The Balaban J connectivity index is 1.98. The molecule has 0 aliphatic carbocycles. The summed E-state index contributed by atoms with van der Waals surface area (Å²) in [6, 6.07) is 6.58. The number of hydrogen-bond acceptors (Lipinski definition) is 4. The van der Waals surface area contributed by atoms with Crippen LogP contribution in [0.3, 0.4) is 0 Å². The molecule has 0 saturated carbocycles. The van der Waals surface area contributed by atoms with Crippen LogP contribution < -0.4 is 4.72 Å². The quantitative estimate of drug-likeness (QED) is 0.906. The molecule has 0 amide bonds. The SMILES string of the molecule is Cc1cc(CCNS(=O)(=O)c2cccc(F)c2)on1. The maximum Gasteiger partial charge on any atom is 0.240 e. The first-order chi connectivity index (χ1) is 8.97. The molecule has 102 valence electrons. The first-order valence-corrected chi connectivity index (χ1v) is 7.13. The summed E-state index contributed by atoms with van der Waals surface area (Å²) in [6.45, 7) is 1.94. The fourth-order valence-corrected chi connectivity index (χ4v) is 2.62. The summed E-state index contributed by atoms with van der Waals surface area (Å²) in [5.41, 5.74) is 0.739. The third-order valence-corrected chi connectivity index (χ3v) is 3.91. The van der Waals surface area contributed by atoms with Crippen molar-refractivity contribution in [1.82, 2.24) is 9.88 Å². The molecule has 0 unspecified atom stereocenters. The van der Waals surface area contributed by atoms with E-state index in [1.807, 2.05) is 0 Å². The highest BCUT2D eigenvalue weighted by Gasteiger charge is 2.14. The molecule has 2 aromatic rings. The Hall–Kier alpha value is -1.73. The largest absolute Gasteiger partial charge is 0.361 e. The van der Waals surface area contributed by atoms with Crippen molar-refractivity contribution >= 4 is 10.0 Å². The number of nitrogens with one attached hydrogen (secondary N) is 1. The zero-order valence-corrected chi connectivity index (χ0v) is 11.1. The molecule has 0 fully saturated rings. The molecule has 2 rings (SSSR count). The summed E-state index contributed by atoms with van der Waals surface area (Å²) in [7, 11) is -3.70. The fraction of sp³-hybridized carbons (Fsp3) is 0.250. The first kappa shape index (κ1) is 13.7. The second kappa shape index (κ2) is 5.50. The zero-order valence-electron chi connectivity index (χ0n) is 10.3. The van der Waals surface area contributed by atoms with Crippen LogP contribution >= 0.6 is 0 Å². The Morgan fingerprint density at radius 2 is 2.16 bits per heavy atom. The molecule has 0 saturated heterocycles. The lowest BCUT2D eigenvalue weighted by molar-refractivity contribution is 0.379. The minimum absolute atomic E-state index is 0.0961. The zero-order chi connectivity index (χ0) is 13.9. The van der Waals surface area contributed by atoms with Gasteiger partial charge < -0.3 is 4.52 Å². The van der Waals surface area contributed by atoms with Crippen molar-refractivity contribution in [3.05, 3.63) is 47.6 Å². The van der Waals surface area contributed by atoms with Gasteiger partial charge in [0.25, 0.3) is 0 Å². The van der Waals surface area contributed by atoms with Gasteiger partial charge in [0.2, 0.25) is 10.0 Å². The van der Waals surface area contributed by atoms with Gasteiger partial charge >= 0.3 is 0 Å². The molecule has 0 bridgehead atoms. The van der Waals surface area contributed by atoms with Gasteiger partial charge in [-0.05, 0) is 25.1 Å². The van der Waals surface area contributed by atoms with E-state index in [2.05, 4.69) is 9.88 Å². The van der Waals surface area contributed by atoms with Crippen molar-refractivity contribution in [2.24, 2.45) is 0 Å². The van der Waals surface area contributed by atoms with Crippen LogP contribution in [0.2, 0.25) is 0 Å². The van der Waals surface area contributed by atoms with E-state index < -0.39 is 15.8 Å². The first-order valence-electron chi connectivity index (χ1n) is 5.65. The van der Waals surface area contributed by atoms with E-state index in [0.29, 0.717) is 12.2 Å². The normalized spacial score (nSPS) is 11.7. The van der Waals surface area contributed by atoms with Crippen molar-refractivity contribution in [3.63, 3.8) is 0 Å². The van der Waals surface area contributed by atoms with Crippen molar-refractivity contribution in [2.45, 2.75) is 18.2 Å². The standard InChI is InChI=1S/C12H13FN2O3S/c1-9-7-11(18-15-9)5-6-14-19(16,17)12-4-2-3-10(13)8-12/h2-4,7-8,14H,5-6H2,1H3. The number of rotatable bonds is 5. The summed E-state index contributed by atoms with van der Waals surface area (Å²) in [5.74, 6) is 0.00757. The monoisotopic (exact) mass is 284 g/mol. The Labute approximate surface area is 110 Å². The van der Waals surface area contributed by atoms with E-state index in [9.17, 15) is 12.8 Å². The van der Waals surface area contributed by atoms with Crippen LogP contribution in [-0.4, -0.2) is 20.1 Å². The lowest BCUT2D eigenvalue weighted by Gasteiger charge is -2.05. The van der Waals surface area contributed by atoms with E-state index in [0.717, 1.165) is 11.8 Å².